The van der Waals surface area contributed by atoms with Crippen molar-refractivity contribution in [3.8, 4) is 0 Å². The average molecular weight is 465 g/mol. The number of fused-ring (bicyclic) bond motifs is 9. The van der Waals surface area contributed by atoms with Crippen molar-refractivity contribution in [2.45, 2.75) is 15.7 Å². The van der Waals surface area contributed by atoms with Gasteiger partial charge in [0.15, 0.2) is 0 Å². The van der Waals surface area contributed by atoms with Gasteiger partial charge in [0.05, 0.1) is 0 Å². The lowest BCUT2D eigenvalue weighted by Gasteiger charge is -2.31. The second kappa shape index (κ2) is 7.24. The van der Waals surface area contributed by atoms with Crippen LogP contribution in [0.25, 0.3) is 43.5 Å². The van der Waals surface area contributed by atoms with Crippen molar-refractivity contribution < 1.29 is 4.42 Å². The second-order valence-electron chi connectivity index (χ2n) is 9.25. The molecule has 35 heavy (non-hydrogen) atoms. The van der Waals surface area contributed by atoms with Gasteiger partial charge < -0.3 is 4.42 Å². The molecule has 0 atom stereocenters. The number of hydrogen-bond donors (Lipinski definition) is 0. The van der Waals surface area contributed by atoms with E-state index in [4.69, 9.17) is 4.42 Å². The van der Waals surface area contributed by atoms with Gasteiger partial charge >= 0.3 is 0 Å². The molecule has 1 aliphatic rings. The van der Waals surface area contributed by atoms with E-state index >= 15 is 0 Å². The Morgan fingerprint density at radius 3 is 1.74 bits per heavy atom. The molecule has 1 aliphatic heterocycles. The maximum absolute atomic E-state index is 6.58. The lowest BCUT2D eigenvalue weighted by Crippen LogP contribution is -2.12. The van der Waals surface area contributed by atoms with E-state index in [9.17, 15) is 0 Å². The topological polar surface area (TPSA) is 13.1 Å². The third-order valence-corrected chi connectivity index (χ3v) is 8.56. The van der Waals surface area contributed by atoms with Gasteiger partial charge in [-0.05, 0) is 50.9 Å². The van der Waals surface area contributed by atoms with Crippen molar-refractivity contribution in [2.24, 2.45) is 0 Å². The Hall–Kier alpha value is -4.01. The van der Waals surface area contributed by atoms with Crippen molar-refractivity contribution >= 4 is 55.2 Å². The second-order valence-corrected chi connectivity index (χ2v) is 10.3. The summed E-state index contributed by atoms with van der Waals surface area (Å²) in [7, 11) is 0. The quantitative estimate of drug-likeness (QED) is 0.240. The summed E-state index contributed by atoms with van der Waals surface area (Å²) in [5.41, 5.74) is 5.92. The van der Waals surface area contributed by atoms with Crippen molar-refractivity contribution in [3.63, 3.8) is 0 Å². The van der Waals surface area contributed by atoms with Gasteiger partial charge in [-0.3, -0.25) is 0 Å². The molecule has 0 unspecified atom stereocenters. The first-order chi connectivity index (χ1) is 17.4. The predicted molar refractivity (Wildman–Crippen MR) is 147 cm³/mol. The molecular weight excluding hydrogens is 444 g/mol. The molecule has 1 aromatic heterocycles. The highest BCUT2D eigenvalue weighted by Crippen LogP contribution is 2.54. The van der Waals surface area contributed by atoms with Crippen LogP contribution in [0.15, 0.2) is 129 Å². The van der Waals surface area contributed by atoms with Crippen LogP contribution >= 0.6 is 11.8 Å². The van der Waals surface area contributed by atoms with E-state index in [2.05, 4.69) is 109 Å². The predicted octanol–water partition coefficient (Wildman–Crippen LogP) is 9.54. The van der Waals surface area contributed by atoms with Crippen LogP contribution < -0.4 is 0 Å². The van der Waals surface area contributed by atoms with Gasteiger partial charge in [-0.2, -0.15) is 0 Å². The third-order valence-electron chi connectivity index (χ3n) is 7.40. The maximum atomic E-state index is 6.58. The molecule has 6 aromatic carbocycles. The van der Waals surface area contributed by atoms with Crippen molar-refractivity contribution in [1.29, 1.82) is 0 Å². The van der Waals surface area contributed by atoms with Gasteiger partial charge in [0.25, 0.3) is 0 Å². The zero-order valence-electron chi connectivity index (χ0n) is 18.9. The zero-order valence-corrected chi connectivity index (χ0v) is 19.7. The molecule has 0 fully saturated rings. The summed E-state index contributed by atoms with van der Waals surface area (Å²) < 4.78 is 6.58. The van der Waals surface area contributed by atoms with Gasteiger partial charge in [-0.1, -0.05) is 109 Å². The van der Waals surface area contributed by atoms with Crippen LogP contribution in [0.4, 0.5) is 0 Å². The van der Waals surface area contributed by atoms with E-state index < -0.39 is 0 Å². The van der Waals surface area contributed by atoms with Crippen molar-refractivity contribution in [1.82, 2.24) is 0 Å². The number of hydrogen-bond acceptors (Lipinski definition) is 2. The molecule has 8 rings (SSSR count). The van der Waals surface area contributed by atoms with E-state index in [1.165, 1.54) is 58.8 Å². The number of rotatable bonds is 1. The number of furan rings is 1. The van der Waals surface area contributed by atoms with Gasteiger partial charge in [-0.25, -0.2) is 0 Å². The van der Waals surface area contributed by atoms with Crippen LogP contribution in [0.5, 0.6) is 0 Å². The SMILES string of the molecule is c1ccc2c3c(ccc2c1)Sc1ccc2ccccc2c1C3c1cccc2c1oc1ccccc12. The third kappa shape index (κ3) is 2.72. The molecule has 0 bridgehead atoms. The molecule has 0 saturated heterocycles. The van der Waals surface area contributed by atoms with E-state index in [1.54, 1.807) is 0 Å². The largest absolute Gasteiger partial charge is 0.456 e. The highest BCUT2D eigenvalue weighted by atomic mass is 32.2. The van der Waals surface area contributed by atoms with Crippen LogP contribution in [0.2, 0.25) is 0 Å². The molecule has 0 spiro atoms. The molecular formula is C33H20OS. The minimum atomic E-state index is 0.0720. The smallest absolute Gasteiger partial charge is 0.139 e. The molecule has 2 heterocycles. The van der Waals surface area contributed by atoms with Gasteiger partial charge in [-0.15, -0.1) is 0 Å². The number of para-hydroxylation sites is 2. The zero-order chi connectivity index (χ0) is 22.9. The highest BCUT2D eigenvalue weighted by Gasteiger charge is 2.33. The molecule has 7 aromatic rings. The lowest BCUT2D eigenvalue weighted by atomic mass is 9.80. The fourth-order valence-corrected chi connectivity index (χ4v) is 7.08. The van der Waals surface area contributed by atoms with Crippen molar-refractivity contribution in [3.05, 3.63) is 132 Å². The summed E-state index contributed by atoms with van der Waals surface area (Å²) >= 11 is 1.89. The van der Waals surface area contributed by atoms with E-state index in [0.717, 1.165) is 11.2 Å². The van der Waals surface area contributed by atoms with E-state index in [0.29, 0.717) is 0 Å². The Morgan fingerprint density at radius 2 is 1.06 bits per heavy atom. The minimum absolute atomic E-state index is 0.0720. The lowest BCUT2D eigenvalue weighted by molar-refractivity contribution is 0.660. The molecule has 0 amide bonds. The van der Waals surface area contributed by atoms with Crippen LogP contribution in [0.1, 0.15) is 22.6 Å². The first-order valence-electron chi connectivity index (χ1n) is 12.0. The Bertz CT molecular complexity index is 1860. The number of benzene rings is 6. The van der Waals surface area contributed by atoms with E-state index in [1.807, 2.05) is 17.8 Å². The van der Waals surface area contributed by atoms with Gasteiger partial charge in [0, 0.05) is 32.0 Å². The molecule has 0 saturated carbocycles. The molecule has 164 valence electrons. The molecule has 2 heteroatoms. The fraction of sp³-hybridized carbons (Fsp3) is 0.0303. The summed E-state index contributed by atoms with van der Waals surface area (Å²) in [4.78, 5) is 2.65. The van der Waals surface area contributed by atoms with Gasteiger partial charge in [0.1, 0.15) is 11.2 Å². The summed E-state index contributed by atoms with van der Waals surface area (Å²) in [6.45, 7) is 0. The standard InChI is InChI=1S/C33H20OS/c1-3-10-22-20(8-1)16-18-28-30(22)32(31-23-11-4-2-9-21(23)17-19-29(31)35-28)26-14-7-13-25-24-12-5-6-15-27(24)34-33(25)26/h1-19,32H. The fourth-order valence-electron chi connectivity index (χ4n) is 5.89. The monoisotopic (exact) mass is 464 g/mol. The molecule has 0 aliphatic carbocycles. The highest BCUT2D eigenvalue weighted by molar-refractivity contribution is 7.99. The minimum Gasteiger partial charge on any atom is -0.456 e. The summed E-state index contributed by atoms with van der Waals surface area (Å²) in [6, 6.07) is 41.7. The van der Waals surface area contributed by atoms with Crippen LogP contribution in [-0.4, -0.2) is 0 Å². The Morgan fingerprint density at radius 1 is 0.486 bits per heavy atom. The molecule has 1 nitrogen and oxygen atoms in total. The average Bonchev–Trinajstić information content (AvgIpc) is 3.31. The van der Waals surface area contributed by atoms with Crippen molar-refractivity contribution in [2.75, 3.05) is 0 Å². The first-order valence-corrected chi connectivity index (χ1v) is 12.8. The first kappa shape index (κ1) is 19.3. The maximum Gasteiger partial charge on any atom is 0.139 e. The van der Waals surface area contributed by atoms with E-state index in [-0.39, 0.29) is 5.92 Å². The van der Waals surface area contributed by atoms with Crippen LogP contribution in [-0.2, 0) is 0 Å². The Kier molecular flexibility index (Phi) is 4.00. The van der Waals surface area contributed by atoms with Gasteiger partial charge in [0.2, 0.25) is 0 Å². The Balaban J connectivity index is 1.56. The molecule has 0 radical (unpaired) electrons. The summed E-state index contributed by atoms with van der Waals surface area (Å²) in [5.74, 6) is 0.0720. The van der Waals surface area contributed by atoms with Crippen LogP contribution in [0.3, 0.4) is 0 Å². The Labute approximate surface area is 207 Å². The summed E-state index contributed by atoms with van der Waals surface area (Å²) in [5, 5.41) is 7.53. The van der Waals surface area contributed by atoms with Crippen LogP contribution in [0, 0.1) is 0 Å². The summed E-state index contributed by atoms with van der Waals surface area (Å²) in [6.07, 6.45) is 0. The normalized spacial score (nSPS) is 13.5. The molecule has 0 N–H and O–H groups in total.